The van der Waals surface area contributed by atoms with Gasteiger partial charge in [0.25, 0.3) is 5.91 Å². The molecule has 3 aromatic carbocycles. The maximum atomic E-state index is 12.5. The summed E-state index contributed by atoms with van der Waals surface area (Å²) in [6.07, 6.45) is -0.992. The number of benzene rings is 3. The minimum Gasteiger partial charge on any atom is -0.448 e. The predicted octanol–water partition coefficient (Wildman–Crippen LogP) is 5.16. The number of hydrogen-bond acceptors (Lipinski definition) is 3. The first-order chi connectivity index (χ1) is 13.5. The molecule has 1 heterocycles. The van der Waals surface area contributed by atoms with Gasteiger partial charge < -0.3 is 15.0 Å². The van der Waals surface area contributed by atoms with Crippen LogP contribution < -0.4 is 5.32 Å². The normalized spacial score (nSPS) is 12.1. The molecule has 0 aliphatic heterocycles. The topological polar surface area (TPSA) is 71.2 Å². The standard InChI is InChI=1S/C22H17ClN2O3/c1-13(21(26)25-17-12-6-8-14-7-2-3-9-15(14)17)28-22(27)20-19(23)16-10-4-5-11-18(16)24-20/h2-13,24H,1H3,(H,25,26). The van der Waals surface area contributed by atoms with Crippen LogP contribution in [-0.2, 0) is 9.53 Å². The van der Waals surface area contributed by atoms with E-state index in [0.717, 1.165) is 21.7 Å². The molecule has 28 heavy (non-hydrogen) atoms. The number of rotatable bonds is 4. The zero-order chi connectivity index (χ0) is 19.7. The van der Waals surface area contributed by atoms with Crippen LogP contribution in [0.25, 0.3) is 21.7 Å². The van der Waals surface area contributed by atoms with Crippen LogP contribution in [0.5, 0.6) is 0 Å². The lowest BCUT2D eigenvalue weighted by Crippen LogP contribution is -2.30. The smallest absolute Gasteiger partial charge is 0.357 e. The molecule has 0 saturated carbocycles. The molecule has 2 N–H and O–H groups in total. The second kappa shape index (κ2) is 7.37. The second-order valence-corrected chi connectivity index (χ2v) is 6.80. The Labute approximate surface area is 166 Å². The van der Waals surface area contributed by atoms with Crippen molar-refractivity contribution in [2.24, 2.45) is 0 Å². The van der Waals surface area contributed by atoms with E-state index in [9.17, 15) is 9.59 Å². The summed E-state index contributed by atoms with van der Waals surface area (Å²) in [6, 6.07) is 20.6. The quantitative estimate of drug-likeness (QED) is 0.471. The number of para-hydroxylation sites is 1. The van der Waals surface area contributed by atoms with E-state index in [1.54, 1.807) is 0 Å². The highest BCUT2D eigenvalue weighted by Crippen LogP contribution is 2.28. The van der Waals surface area contributed by atoms with Crippen molar-refractivity contribution in [3.05, 3.63) is 77.4 Å². The Bertz CT molecular complexity index is 1190. The minimum absolute atomic E-state index is 0.132. The van der Waals surface area contributed by atoms with E-state index >= 15 is 0 Å². The summed E-state index contributed by atoms with van der Waals surface area (Å²) in [5.74, 6) is -1.10. The van der Waals surface area contributed by atoms with E-state index in [4.69, 9.17) is 16.3 Å². The average Bonchev–Trinajstić information content (AvgIpc) is 3.05. The van der Waals surface area contributed by atoms with Crippen molar-refractivity contribution in [2.45, 2.75) is 13.0 Å². The van der Waals surface area contributed by atoms with Gasteiger partial charge in [-0.25, -0.2) is 4.79 Å². The highest BCUT2D eigenvalue weighted by molar-refractivity contribution is 6.38. The number of anilines is 1. The van der Waals surface area contributed by atoms with Crippen molar-refractivity contribution in [1.29, 1.82) is 0 Å². The van der Waals surface area contributed by atoms with Crippen molar-refractivity contribution < 1.29 is 14.3 Å². The SMILES string of the molecule is CC(OC(=O)c1[nH]c2ccccc2c1Cl)C(=O)Nc1cccc2ccccc12. The van der Waals surface area contributed by atoms with Crippen LogP contribution >= 0.6 is 11.6 Å². The summed E-state index contributed by atoms with van der Waals surface area (Å²) in [5.41, 5.74) is 1.52. The van der Waals surface area contributed by atoms with Crippen LogP contribution in [0.4, 0.5) is 5.69 Å². The highest BCUT2D eigenvalue weighted by atomic mass is 35.5. The molecule has 4 aromatic rings. The third-order valence-corrected chi connectivity index (χ3v) is 4.94. The predicted molar refractivity (Wildman–Crippen MR) is 111 cm³/mol. The number of carbonyl (C=O) groups excluding carboxylic acids is 2. The molecule has 1 amide bonds. The highest BCUT2D eigenvalue weighted by Gasteiger charge is 2.23. The second-order valence-electron chi connectivity index (χ2n) is 6.42. The number of halogens is 1. The van der Waals surface area contributed by atoms with Gasteiger partial charge in [-0.1, -0.05) is 66.2 Å². The molecule has 0 aliphatic carbocycles. The van der Waals surface area contributed by atoms with Crippen LogP contribution in [0.1, 0.15) is 17.4 Å². The van der Waals surface area contributed by atoms with Gasteiger partial charge in [0.05, 0.1) is 5.02 Å². The Balaban J connectivity index is 1.51. The van der Waals surface area contributed by atoms with Crippen molar-refractivity contribution in [2.75, 3.05) is 5.32 Å². The first kappa shape index (κ1) is 18.1. The van der Waals surface area contributed by atoms with E-state index in [-0.39, 0.29) is 10.7 Å². The fourth-order valence-corrected chi connectivity index (χ4v) is 3.38. The molecule has 6 heteroatoms. The maximum Gasteiger partial charge on any atom is 0.357 e. The first-order valence-electron chi connectivity index (χ1n) is 8.80. The molecule has 4 rings (SSSR count). The van der Waals surface area contributed by atoms with Gasteiger partial charge in [0, 0.05) is 22.0 Å². The summed E-state index contributed by atoms with van der Waals surface area (Å²) in [6.45, 7) is 1.52. The van der Waals surface area contributed by atoms with Gasteiger partial charge in [0.1, 0.15) is 5.69 Å². The number of aromatic amines is 1. The van der Waals surface area contributed by atoms with Crippen LogP contribution in [-0.4, -0.2) is 23.0 Å². The molecular formula is C22H17ClN2O3. The van der Waals surface area contributed by atoms with E-state index in [1.807, 2.05) is 66.7 Å². The van der Waals surface area contributed by atoms with Gasteiger partial charge in [0.2, 0.25) is 0 Å². The van der Waals surface area contributed by atoms with Gasteiger partial charge in [-0.15, -0.1) is 0 Å². The van der Waals surface area contributed by atoms with Crippen molar-refractivity contribution in [3.63, 3.8) is 0 Å². The molecule has 1 aromatic heterocycles. The largest absolute Gasteiger partial charge is 0.448 e. The van der Waals surface area contributed by atoms with Crippen molar-refractivity contribution in [1.82, 2.24) is 4.98 Å². The van der Waals surface area contributed by atoms with Gasteiger partial charge in [0.15, 0.2) is 6.10 Å². The summed E-state index contributed by atoms with van der Waals surface area (Å²) < 4.78 is 5.33. The van der Waals surface area contributed by atoms with Gasteiger partial charge in [-0.2, -0.15) is 0 Å². The van der Waals surface area contributed by atoms with Crippen LogP contribution in [0, 0.1) is 0 Å². The molecular weight excluding hydrogens is 376 g/mol. The van der Waals surface area contributed by atoms with Crippen LogP contribution in [0.2, 0.25) is 5.02 Å². The fourth-order valence-electron chi connectivity index (χ4n) is 3.09. The van der Waals surface area contributed by atoms with Crippen molar-refractivity contribution >= 4 is 50.8 Å². The molecule has 0 saturated heterocycles. The summed E-state index contributed by atoms with van der Waals surface area (Å²) >= 11 is 6.28. The molecule has 1 atom stereocenters. The summed E-state index contributed by atoms with van der Waals surface area (Å²) in [5, 5.41) is 5.75. The summed E-state index contributed by atoms with van der Waals surface area (Å²) in [4.78, 5) is 28.0. The molecule has 1 unspecified atom stereocenters. The molecule has 140 valence electrons. The Morgan fingerprint density at radius 3 is 2.43 bits per heavy atom. The van der Waals surface area contributed by atoms with E-state index < -0.39 is 18.0 Å². The average molecular weight is 393 g/mol. The van der Waals surface area contributed by atoms with E-state index in [0.29, 0.717) is 5.69 Å². The third kappa shape index (κ3) is 3.32. The number of aromatic nitrogens is 1. The molecule has 0 bridgehead atoms. The number of fused-ring (bicyclic) bond motifs is 2. The zero-order valence-electron chi connectivity index (χ0n) is 15.0. The number of nitrogens with one attached hydrogen (secondary N) is 2. The lowest BCUT2D eigenvalue weighted by Gasteiger charge is -2.14. The number of carbonyl (C=O) groups is 2. The molecule has 0 fully saturated rings. The monoisotopic (exact) mass is 392 g/mol. The number of esters is 1. The fraction of sp³-hybridized carbons (Fsp3) is 0.0909. The van der Waals surface area contributed by atoms with Crippen LogP contribution in [0.15, 0.2) is 66.7 Å². The third-order valence-electron chi connectivity index (χ3n) is 4.55. The van der Waals surface area contributed by atoms with Crippen LogP contribution in [0.3, 0.4) is 0 Å². The number of hydrogen-bond donors (Lipinski definition) is 2. The Kier molecular flexibility index (Phi) is 4.75. The van der Waals surface area contributed by atoms with E-state index in [1.165, 1.54) is 6.92 Å². The van der Waals surface area contributed by atoms with Crippen molar-refractivity contribution in [3.8, 4) is 0 Å². The molecule has 5 nitrogen and oxygen atoms in total. The summed E-state index contributed by atoms with van der Waals surface area (Å²) in [7, 11) is 0. The Morgan fingerprint density at radius 1 is 0.964 bits per heavy atom. The lowest BCUT2D eigenvalue weighted by molar-refractivity contribution is -0.123. The van der Waals surface area contributed by atoms with Gasteiger partial charge >= 0.3 is 5.97 Å². The maximum absolute atomic E-state index is 12.5. The van der Waals surface area contributed by atoms with Gasteiger partial charge in [-0.05, 0) is 24.4 Å². The molecule has 0 aliphatic rings. The minimum atomic E-state index is -0.992. The molecule has 0 radical (unpaired) electrons. The number of amides is 1. The lowest BCUT2D eigenvalue weighted by atomic mass is 10.1. The number of ether oxygens (including phenoxy) is 1. The Hall–Kier alpha value is -3.31. The molecule has 0 spiro atoms. The Morgan fingerprint density at radius 2 is 1.64 bits per heavy atom. The van der Waals surface area contributed by atoms with E-state index in [2.05, 4.69) is 10.3 Å². The number of H-pyrrole nitrogens is 1. The first-order valence-corrected chi connectivity index (χ1v) is 9.18. The van der Waals surface area contributed by atoms with Gasteiger partial charge in [-0.3, -0.25) is 4.79 Å². The zero-order valence-corrected chi connectivity index (χ0v) is 15.8.